The zero-order valence-electron chi connectivity index (χ0n) is 15.9. The van der Waals surface area contributed by atoms with Crippen LogP contribution in [0, 0.1) is 0 Å². The lowest BCUT2D eigenvalue weighted by molar-refractivity contribution is -0.162. The molecule has 0 aliphatic carbocycles. The van der Waals surface area contributed by atoms with Crippen LogP contribution in [0.1, 0.15) is 49.5 Å². The van der Waals surface area contributed by atoms with Crippen LogP contribution in [0.25, 0.3) is 0 Å². The molecule has 150 valence electrons. The van der Waals surface area contributed by atoms with E-state index in [9.17, 15) is 24.2 Å². The molecule has 2 N–H and O–H groups in total. The van der Waals surface area contributed by atoms with Crippen molar-refractivity contribution in [3.05, 3.63) is 29.3 Å². The highest BCUT2D eigenvalue weighted by Crippen LogP contribution is 2.31. The maximum absolute atomic E-state index is 12.3. The van der Waals surface area contributed by atoms with Gasteiger partial charge in [0.15, 0.2) is 0 Å². The van der Waals surface area contributed by atoms with Gasteiger partial charge in [-0.05, 0) is 25.0 Å². The largest absolute Gasteiger partial charge is 0.547 e. The second-order valence-electron chi connectivity index (χ2n) is 6.46. The van der Waals surface area contributed by atoms with E-state index in [0.29, 0.717) is 5.56 Å². The monoisotopic (exact) mass is 391 g/mol. The zero-order valence-corrected chi connectivity index (χ0v) is 15.9. The van der Waals surface area contributed by atoms with Gasteiger partial charge in [0.2, 0.25) is 12.2 Å². The average Bonchev–Trinajstić information content (AvgIpc) is 2.59. The Morgan fingerprint density at radius 3 is 2.61 bits per heavy atom. The number of ether oxygens (including phenoxy) is 2. The van der Waals surface area contributed by atoms with Crippen molar-refractivity contribution in [3.63, 3.8) is 0 Å². The first-order valence-corrected chi connectivity index (χ1v) is 8.81. The number of nitrogens with one attached hydrogen (secondary N) is 1. The quantitative estimate of drug-likeness (QED) is 0.392. The van der Waals surface area contributed by atoms with Gasteiger partial charge in [0.25, 0.3) is 0 Å². The number of Topliss-reactive ketones (excluding diaryl/α,β-unsaturated/α-hetero) is 1. The van der Waals surface area contributed by atoms with Crippen molar-refractivity contribution in [1.29, 1.82) is 0 Å². The summed E-state index contributed by atoms with van der Waals surface area (Å²) in [6.07, 6.45) is -0.722. The molecule has 0 saturated carbocycles. The fourth-order valence-corrected chi connectivity index (χ4v) is 2.75. The molecule has 0 saturated heterocycles. The third kappa shape index (κ3) is 5.81. The summed E-state index contributed by atoms with van der Waals surface area (Å²) >= 11 is 0. The molecule has 1 aliphatic heterocycles. The van der Waals surface area contributed by atoms with Crippen LogP contribution < -0.4 is 9.97 Å². The van der Waals surface area contributed by atoms with Gasteiger partial charge < -0.3 is 29.3 Å². The molecule has 2 atom stereocenters. The molecule has 1 amide bonds. The van der Waals surface area contributed by atoms with Crippen LogP contribution in [0.15, 0.2) is 18.2 Å². The molecule has 0 aromatic heterocycles. The van der Waals surface area contributed by atoms with Crippen molar-refractivity contribution in [2.45, 2.75) is 52.3 Å². The molecule has 9 nitrogen and oxygen atoms in total. The third-order valence-corrected chi connectivity index (χ3v) is 3.99. The highest BCUT2D eigenvalue weighted by atomic mass is 16.7. The summed E-state index contributed by atoms with van der Waals surface area (Å²) in [4.78, 5) is 46.2. The fourth-order valence-electron chi connectivity index (χ4n) is 2.75. The summed E-state index contributed by atoms with van der Waals surface area (Å²) in [5.41, 5.74) is 0.661. The topological polar surface area (TPSA) is 128 Å². The van der Waals surface area contributed by atoms with Gasteiger partial charge in [-0.3, -0.25) is 9.59 Å². The molecule has 28 heavy (non-hydrogen) atoms. The molecular weight excluding hydrogens is 369 g/mol. The molecule has 2 rings (SSSR count). The molecule has 0 spiro atoms. The smallest absolute Gasteiger partial charge is 0.534 e. The lowest BCUT2D eigenvalue weighted by Crippen LogP contribution is -2.53. The van der Waals surface area contributed by atoms with Crippen molar-refractivity contribution in [2.75, 3.05) is 0 Å². The SMILES string of the molecule is CC(=O)CCC(=O)NC1Cc2cccc(C(=O)OC(C)OC(C)=O)c2OB1O. The average molecular weight is 391 g/mol. The summed E-state index contributed by atoms with van der Waals surface area (Å²) in [5.74, 6) is -2.43. The molecular formula is C18H22BNO8. The maximum Gasteiger partial charge on any atom is 0.547 e. The van der Waals surface area contributed by atoms with Gasteiger partial charge in [-0.2, -0.15) is 0 Å². The fraction of sp³-hybridized carbons (Fsp3) is 0.444. The minimum absolute atomic E-state index is 0.0197. The number of benzene rings is 1. The molecule has 1 heterocycles. The molecule has 1 aromatic rings. The van der Waals surface area contributed by atoms with E-state index in [1.54, 1.807) is 12.1 Å². The minimum atomic E-state index is -1.38. The Balaban J connectivity index is 2.09. The number of esters is 2. The van der Waals surface area contributed by atoms with Gasteiger partial charge in [0.1, 0.15) is 17.1 Å². The highest BCUT2D eigenvalue weighted by Gasteiger charge is 2.38. The van der Waals surface area contributed by atoms with E-state index in [1.165, 1.54) is 26.8 Å². The van der Waals surface area contributed by atoms with Gasteiger partial charge in [0, 0.05) is 26.7 Å². The summed E-state index contributed by atoms with van der Waals surface area (Å²) in [6.45, 7) is 3.99. The van der Waals surface area contributed by atoms with E-state index in [4.69, 9.17) is 14.1 Å². The van der Waals surface area contributed by atoms with Crippen molar-refractivity contribution in [3.8, 4) is 5.75 Å². The summed E-state index contributed by atoms with van der Waals surface area (Å²) in [6, 6.07) is 4.77. The number of carbonyl (C=O) groups is 4. The van der Waals surface area contributed by atoms with Crippen LogP contribution in [-0.2, 0) is 30.3 Å². The van der Waals surface area contributed by atoms with Crippen LogP contribution in [0.3, 0.4) is 0 Å². The Morgan fingerprint density at radius 2 is 1.96 bits per heavy atom. The van der Waals surface area contributed by atoms with Gasteiger partial charge >= 0.3 is 19.1 Å². The van der Waals surface area contributed by atoms with Crippen LogP contribution in [0.4, 0.5) is 0 Å². The molecule has 2 unspecified atom stereocenters. The van der Waals surface area contributed by atoms with Crippen molar-refractivity contribution in [2.24, 2.45) is 0 Å². The first kappa shape index (κ1) is 21.4. The number of hydrogen-bond donors (Lipinski definition) is 2. The lowest BCUT2D eigenvalue weighted by atomic mass is 9.72. The normalized spacial score (nSPS) is 16.3. The van der Waals surface area contributed by atoms with Crippen LogP contribution in [0.5, 0.6) is 5.75 Å². The molecule has 0 fully saturated rings. The van der Waals surface area contributed by atoms with Crippen molar-refractivity contribution >= 4 is 30.7 Å². The first-order chi connectivity index (χ1) is 13.2. The number of carbonyl (C=O) groups excluding carboxylic acids is 4. The Kier molecular flexibility index (Phi) is 7.16. The van der Waals surface area contributed by atoms with Gasteiger partial charge in [0.05, 0.1) is 5.94 Å². The summed E-state index contributed by atoms with van der Waals surface area (Å²) < 4.78 is 15.3. The predicted octanol–water partition coefficient (Wildman–Crippen LogP) is 0.561. The van der Waals surface area contributed by atoms with Crippen LogP contribution >= 0.6 is 0 Å². The maximum atomic E-state index is 12.3. The predicted molar refractivity (Wildman–Crippen MR) is 97.2 cm³/mol. The molecule has 10 heteroatoms. The zero-order chi connectivity index (χ0) is 20.8. The van der Waals surface area contributed by atoms with E-state index in [2.05, 4.69) is 5.32 Å². The second-order valence-corrected chi connectivity index (χ2v) is 6.46. The van der Waals surface area contributed by atoms with Gasteiger partial charge in [-0.25, -0.2) is 4.79 Å². The van der Waals surface area contributed by atoms with Crippen molar-refractivity contribution < 1.29 is 38.3 Å². The summed E-state index contributed by atoms with van der Waals surface area (Å²) in [5, 5.41) is 12.9. The number of rotatable bonds is 7. The number of para-hydroxylation sites is 1. The molecule has 1 aliphatic rings. The number of fused-ring (bicyclic) bond motifs is 1. The van der Waals surface area contributed by atoms with E-state index < -0.39 is 31.3 Å². The van der Waals surface area contributed by atoms with Gasteiger partial charge in [-0.1, -0.05) is 12.1 Å². The Bertz CT molecular complexity index is 781. The van der Waals surface area contributed by atoms with Crippen LogP contribution in [0.2, 0.25) is 0 Å². The molecule has 0 radical (unpaired) electrons. The van der Waals surface area contributed by atoms with E-state index in [-0.39, 0.29) is 42.3 Å². The Hall–Kier alpha value is -2.88. The molecule has 1 aromatic carbocycles. The van der Waals surface area contributed by atoms with E-state index in [1.807, 2.05) is 0 Å². The van der Waals surface area contributed by atoms with Crippen LogP contribution in [-0.4, -0.2) is 48.0 Å². The van der Waals surface area contributed by atoms with E-state index in [0.717, 1.165) is 0 Å². The highest BCUT2D eigenvalue weighted by molar-refractivity contribution is 6.47. The van der Waals surface area contributed by atoms with Gasteiger partial charge in [-0.15, -0.1) is 0 Å². The summed E-state index contributed by atoms with van der Waals surface area (Å²) in [7, 11) is -1.38. The number of hydrogen-bond acceptors (Lipinski definition) is 8. The van der Waals surface area contributed by atoms with Crippen molar-refractivity contribution in [1.82, 2.24) is 5.32 Å². The van der Waals surface area contributed by atoms with E-state index >= 15 is 0 Å². The Labute approximate surface area is 162 Å². The minimum Gasteiger partial charge on any atom is -0.534 e. The number of ketones is 1. The lowest BCUT2D eigenvalue weighted by Gasteiger charge is -2.29. The third-order valence-electron chi connectivity index (χ3n) is 3.99. The number of amides is 1. The standard InChI is InChI=1S/C18H22BNO8/c1-10(21)7-8-16(23)20-15-9-13-5-4-6-14(17(13)28-19(15)25)18(24)27-12(3)26-11(2)22/h4-6,12,15,25H,7-9H2,1-3H3,(H,20,23). The second kappa shape index (κ2) is 9.36. The first-order valence-electron chi connectivity index (χ1n) is 8.81. The Morgan fingerprint density at radius 1 is 1.25 bits per heavy atom. The molecule has 0 bridgehead atoms.